The normalized spacial score (nSPS) is 11.2. The first kappa shape index (κ1) is 30.8. The van der Waals surface area contributed by atoms with Crippen molar-refractivity contribution in [3.63, 3.8) is 0 Å². The minimum atomic E-state index is -1.58. The van der Waals surface area contributed by atoms with E-state index in [1.165, 1.54) is 57.8 Å². The molecule has 0 bridgehead atoms. The fraction of sp³-hybridized carbons (Fsp3) is 0.913. The van der Waals surface area contributed by atoms with E-state index >= 15 is 0 Å². The average Bonchev–Trinajstić information content (AvgIpc) is 2.63. The summed E-state index contributed by atoms with van der Waals surface area (Å²) in [6, 6.07) is 0. The first-order chi connectivity index (χ1) is 13.0. The molecule has 0 fully saturated rings. The van der Waals surface area contributed by atoms with Crippen molar-refractivity contribution in [2.45, 2.75) is 129 Å². The molecule has 0 aliphatic rings. The molecule has 4 nitrogen and oxygen atoms in total. The molecule has 0 aromatic carbocycles. The Hall–Kier alpha value is 0.576. The van der Waals surface area contributed by atoms with E-state index in [2.05, 4.69) is 13.8 Å². The summed E-state index contributed by atoms with van der Waals surface area (Å²) >= 11 is 0. The van der Waals surface area contributed by atoms with Crippen molar-refractivity contribution in [3.05, 3.63) is 0 Å². The van der Waals surface area contributed by atoms with Gasteiger partial charge in [0.25, 0.3) is 0 Å². The molecule has 0 heterocycles. The van der Waals surface area contributed by atoms with Gasteiger partial charge in [-0.15, -0.1) is 0 Å². The van der Waals surface area contributed by atoms with E-state index in [1.54, 1.807) is 0 Å². The van der Waals surface area contributed by atoms with Gasteiger partial charge in [-0.2, -0.15) is 0 Å². The zero-order chi connectivity index (χ0) is 20.4. The van der Waals surface area contributed by atoms with Crippen LogP contribution in [0.2, 0.25) is 0 Å². The Balaban J connectivity index is 0. The van der Waals surface area contributed by atoms with Crippen LogP contribution in [0.4, 0.5) is 0 Å². The fourth-order valence-corrected chi connectivity index (χ4v) is 3.77. The van der Waals surface area contributed by atoms with Gasteiger partial charge in [-0.25, -0.2) is 0 Å². The second kappa shape index (κ2) is 20.8. The van der Waals surface area contributed by atoms with Crippen molar-refractivity contribution in [2.24, 2.45) is 5.41 Å². The fourth-order valence-electron chi connectivity index (χ4n) is 3.77. The third-order valence-electron chi connectivity index (χ3n) is 5.73. The van der Waals surface area contributed by atoms with Gasteiger partial charge >= 0.3 is 63.3 Å². The average molecular weight is 425 g/mol. The molecule has 0 rings (SSSR count). The summed E-state index contributed by atoms with van der Waals surface area (Å²) in [5.41, 5.74) is -1.58. The molecule has 0 atom stereocenters. The monoisotopic (exact) mass is 424 g/mol. The van der Waals surface area contributed by atoms with E-state index in [0.717, 1.165) is 32.1 Å². The van der Waals surface area contributed by atoms with Crippen molar-refractivity contribution < 1.29 is 19.8 Å². The van der Waals surface area contributed by atoms with Gasteiger partial charge in [-0.3, -0.25) is 9.59 Å². The third kappa shape index (κ3) is 14.5. The summed E-state index contributed by atoms with van der Waals surface area (Å²) in [7, 11) is 0. The number of aliphatic carboxylic acids is 2. The van der Waals surface area contributed by atoms with Crippen LogP contribution >= 0.6 is 0 Å². The van der Waals surface area contributed by atoms with E-state index in [-0.39, 0.29) is 64.2 Å². The molecule has 2 N–H and O–H groups in total. The van der Waals surface area contributed by atoms with Gasteiger partial charge in [0.1, 0.15) is 0 Å². The van der Waals surface area contributed by atoms with Crippen LogP contribution in [0, 0.1) is 5.41 Å². The Morgan fingerprint density at radius 2 is 0.786 bits per heavy atom. The number of unbranched alkanes of at least 4 members (excludes halogenated alkanes) is 14. The van der Waals surface area contributed by atoms with E-state index in [0.29, 0.717) is 12.8 Å². The van der Waals surface area contributed by atoms with Gasteiger partial charge in [0.2, 0.25) is 0 Å². The first-order valence-corrected chi connectivity index (χ1v) is 11.5. The van der Waals surface area contributed by atoms with Crippen molar-refractivity contribution in [1.29, 1.82) is 0 Å². The molecule has 0 saturated heterocycles. The van der Waals surface area contributed by atoms with Crippen LogP contribution in [0.3, 0.4) is 0 Å². The Bertz CT molecular complexity index is 371. The summed E-state index contributed by atoms with van der Waals surface area (Å²) in [6.07, 6.45) is 18.4. The van der Waals surface area contributed by atoms with E-state index in [4.69, 9.17) is 0 Å². The van der Waals surface area contributed by atoms with E-state index in [9.17, 15) is 19.8 Å². The number of carboxylic acid groups (broad SMARTS) is 2. The minimum absolute atomic E-state index is 0. The maximum atomic E-state index is 11.7. The van der Waals surface area contributed by atoms with Gasteiger partial charge in [0.15, 0.2) is 5.41 Å². The molecule has 0 unspecified atom stereocenters. The molecular formula is C23H45KO4. The molecule has 0 aromatic rings. The van der Waals surface area contributed by atoms with Gasteiger partial charge in [-0.05, 0) is 12.8 Å². The van der Waals surface area contributed by atoms with Crippen molar-refractivity contribution in [2.75, 3.05) is 0 Å². The molecule has 0 aliphatic heterocycles. The number of rotatable bonds is 20. The Morgan fingerprint density at radius 1 is 0.536 bits per heavy atom. The summed E-state index contributed by atoms with van der Waals surface area (Å²) in [6.45, 7) is 4.38. The van der Waals surface area contributed by atoms with Crippen molar-refractivity contribution in [1.82, 2.24) is 0 Å². The van der Waals surface area contributed by atoms with Crippen LogP contribution < -0.4 is 0 Å². The van der Waals surface area contributed by atoms with E-state index < -0.39 is 17.4 Å². The second-order valence-corrected chi connectivity index (χ2v) is 8.14. The second-order valence-electron chi connectivity index (χ2n) is 8.14. The predicted molar refractivity (Wildman–Crippen MR) is 119 cm³/mol. The molecule has 0 spiro atoms. The van der Waals surface area contributed by atoms with Crippen LogP contribution in [0.15, 0.2) is 0 Å². The van der Waals surface area contributed by atoms with Gasteiger partial charge in [0, 0.05) is 0 Å². The van der Waals surface area contributed by atoms with Crippen molar-refractivity contribution >= 4 is 63.3 Å². The number of carbonyl (C=O) groups is 2. The van der Waals surface area contributed by atoms with Gasteiger partial charge < -0.3 is 10.2 Å². The molecular weight excluding hydrogens is 379 g/mol. The Labute approximate surface area is 216 Å². The molecule has 5 heteroatoms. The van der Waals surface area contributed by atoms with Crippen molar-refractivity contribution in [3.8, 4) is 0 Å². The van der Waals surface area contributed by atoms with Crippen LogP contribution in [-0.4, -0.2) is 73.5 Å². The molecule has 0 radical (unpaired) electrons. The standard InChI is InChI=1S/C23H44O4.K.H/c1-3-5-7-9-11-12-13-14-16-18-20-23(21(24)25,22(26)27)19-17-15-10-8-6-4-2;;/h3-20H2,1-2H3,(H,24,25)(H,26,27);;. The zero-order valence-electron chi connectivity index (χ0n) is 17.9. The van der Waals surface area contributed by atoms with Crippen LogP contribution in [-0.2, 0) is 9.59 Å². The summed E-state index contributed by atoms with van der Waals surface area (Å²) in [4.78, 5) is 23.5. The number of hydrogen-bond donors (Lipinski definition) is 2. The van der Waals surface area contributed by atoms with E-state index in [1.807, 2.05) is 0 Å². The molecule has 162 valence electrons. The number of carboxylic acids is 2. The molecule has 0 aromatic heterocycles. The van der Waals surface area contributed by atoms with Crippen LogP contribution in [0.1, 0.15) is 129 Å². The topological polar surface area (TPSA) is 74.6 Å². The summed E-state index contributed by atoms with van der Waals surface area (Å²) < 4.78 is 0. The molecule has 0 aliphatic carbocycles. The Morgan fingerprint density at radius 3 is 1.04 bits per heavy atom. The third-order valence-corrected chi connectivity index (χ3v) is 5.73. The predicted octanol–water partition coefficient (Wildman–Crippen LogP) is 6.56. The van der Waals surface area contributed by atoms with Gasteiger partial charge in [-0.1, -0.05) is 117 Å². The molecule has 0 saturated carbocycles. The van der Waals surface area contributed by atoms with Gasteiger partial charge in [0.05, 0.1) is 0 Å². The molecule has 0 amide bonds. The zero-order valence-corrected chi connectivity index (χ0v) is 17.9. The van der Waals surface area contributed by atoms with Crippen LogP contribution in [0.5, 0.6) is 0 Å². The Kier molecular flexibility index (Phi) is 22.9. The SMILES string of the molecule is CCCCCCCCCCCCC(CCCCCCCC)(C(=O)O)C(=O)O.[KH]. The summed E-state index contributed by atoms with van der Waals surface area (Å²) in [5, 5.41) is 19.2. The number of hydrogen-bond acceptors (Lipinski definition) is 2. The quantitative estimate of drug-likeness (QED) is 0.132. The van der Waals surface area contributed by atoms with Crippen LogP contribution in [0.25, 0.3) is 0 Å². The summed E-state index contributed by atoms with van der Waals surface area (Å²) in [5.74, 6) is -2.31. The molecule has 28 heavy (non-hydrogen) atoms. The maximum absolute atomic E-state index is 11.7. The first-order valence-electron chi connectivity index (χ1n) is 11.5.